The molecular weight excluding hydrogens is 452 g/mol. The van der Waals surface area contributed by atoms with Crippen LogP contribution in [0.5, 0.6) is 0 Å². The summed E-state index contributed by atoms with van der Waals surface area (Å²) in [6.45, 7) is 0. The van der Waals surface area contributed by atoms with Gasteiger partial charge in [-0.25, -0.2) is 4.98 Å². The third kappa shape index (κ3) is 6.28. The summed E-state index contributed by atoms with van der Waals surface area (Å²) in [5.41, 5.74) is 2.70. The summed E-state index contributed by atoms with van der Waals surface area (Å²) in [5, 5.41) is 28.0. The molecular formula is C22H19ClN4O6. The largest absolute Gasteiger partial charge is 0.328 e. The molecule has 0 spiro atoms. The number of nitrogens with zero attached hydrogens (tertiary/aromatic N) is 4. The number of hydrogen-bond acceptors (Lipinski definition) is 5. The van der Waals surface area contributed by atoms with E-state index >= 15 is 0 Å². The maximum absolute atomic E-state index is 8.36. The quantitative estimate of drug-likeness (QED) is 0.250. The molecule has 2 N–H and O–H groups in total. The normalized spacial score (nSPS) is 10.1. The minimum atomic E-state index is -1.50. The first kappa shape index (κ1) is 24.8. The number of imidazole rings is 1. The molecule has 1 heterocycles. The van der Waals surface area contributed by atoms with Crippen molar-refractivity contribution in [1.82, 2.24) is 9.55 Å². The fraction of sp³-hybridized carbons (Fsp3) is 0.0455. The monoisotopic (exact) mass is 470 g/mol. The first-order valence-corrected chi connectivity index (χ1v) is 9.69. The predicted molar refractivity (Wildman–Crippen MR) is 119 cm³/mol. The topological polar surface area (TPSA) is 145 Å². The van der Waals surface area contributed by atoms with Crippen LogP contribution in [-0.4, -0.2) is 30.1 Å². The van der Waals surface area contributed by atoms with E-state index < -0.39 is 15.7 Å². The van der Waals surface area contributed by atoms with E-state index in [1.807, 2.05) is 42.9 Å². The van der Waals surface area contributed by atoms with Crippen molar-refractivity contribution in [2.75, 3.05) is 0 Å². The lowest BCUT2D eigenvalue weighted by Crippen LogP contribution is -2.37. The lowest BCUT2D eigenvalue weighted by molar-refractivity contribution is -0.742. The van der Waals surface area contributed by atoms with E-state index in [4.69, 9.17) is 42.2 Å². The van der Waals surface area contributed by atoms with Gasteiger partial charge >= 0.3 is 0 Å². The molecule has 0 unspecified atom stereocenters. The zero-order chi connectivity index (χ0) is 24.3. The number of hydrogen-bond donors (Lipinski definition) is 2. The van der Waals surface area contributed by atoms with Gasteiger partial charge in [0.25, 0.3) is 10.2 Å². The summed E-state index contributed by atoms with van der Waals surface area (Å²) in [6, 6.07) is 28.8. The zero-order valence-electron chi connectivity index (χ0n) is 17.0. The lowest BCUT2D eigenvalue weighted by Gasteiger charge is -2.37. The van der Waals surface area contributed by atoms with Gasteiger partial charge in [0.05, 0.1) is 6.33 Å². The van der Waals surface area contributed by atoms with Gasteiger partial charge in [0, 0.05) is 23.0 Å². The second-order valence-electron chi connectivity index (χ2n) is 6.37. The molecule has 0 aliphatic carbocycles. The summed E-state index contributed by atoms with van der Waals surface area (Å²) in [4.78, 5) is 21.0. The summed E-state index contributed by atoms with van der Waals surface area (Å²) in [6.07, 6.45) is 5.64. The van der Waals surface area contributed by atoms with E-state index in [1.54, 1.807) is 6.20 Å². The van der Waals surface area contributed by atoms with E-state index in [9.17, 15) is 0 Å². The summed E-state index contributed by atoms with van der Waals surface area (Å²) >= 11 is 6.69. The van der Waals surface area contributed by atoms with E-state index in [0.717, 1.165) is 21.7 Å². The Balaban J connectivity index is 0.000000420. The Labute approximate surface area is 193 Å². The number of rotatable bonds is 4. The van der Waals surface area contributed by atoms with Crippen molar-refractivity contribution in [3.63, 3.8) is 0 Å². The second kappa shape index (κ2) is 11.8. The van der Waals surface area contributed by atoms with Gasteiger partial charge in [0.2, 0.25) is 0 Å². The summed E-state index contributed by atoms with van der Waals surface area (Å²) < 4.78 is 2.12. The maximum atomic E-state index is 8.36. The Hall–Kier alpha value is -4.44. The molecule has 170 valence electrons. The summed E-state index contributed by atoms with van der Waals surface area (Å²) in [5.74, 6) is 0. The van der Waals surface area contributed by atoms with Crippen LogP contribution in [-0.2, 0) is 5.54 Å². The van der Waals surface area contributed by atoms with Gasteiger partial charge in [-0.15, -0.1) is 20.2 Å². The molecule has 0 fully saturated rings. The highest BCUT2D eigenvalue weighted by Crippen LogP contribution is 2.43. The second-order valence-corrected chi connectivity index (χ2v) is 6.78. The third-order valence-corrected chi connectivity index (χ3v) is 4.87. The van der Waals surface area contributed by atoms with Gasteiger partial charge in [0.15, 0.2) is 0 Å². The van der Waals surface area contributed by atoms with Crippen molar-refractivity contribution in [2.24, 2.45) is 0 Å². The van der Waals surface area contributed by atoms with Crippen molar-refractivity contribution in [3.05, 3.63) is 146 Å². The van der Waals surface area contributed by atoms with Crippen LogP contribution in [0.1, 0.15) is 16.7 Å². The minimum absolute atomic E-state index is 0.586. The van der Waals surface area contributed by atoms with Crippen LogP contribution < -0.4 is 0 Å². The maximum Gasteiger partial charge on any atom is 0.291 e. The SMILES string of the molecule is Clc1ccccc1C(c1ccccc1)(c1ccccc1)n1ccnc1.O=[N+]([O-])O.O=[N+]([O-])O. The van der Waals surface area contributed by atoms with Crippen LogP contribution in [0, 0.1) is 20.2 Å². The molecule has 0 radical (unpaired) electrons. The molecule has 0 saturated carbocycles. The number of aromatic nitrogens is 2. The van der Waals surface area contributed by atoms with Gasteiger partial charge in [-0.1, -0.05) is 90.5 Å². The smallest absolute Gasteiger partial charge is 0.291 e. The highest BCUT2D eigenvalue weighted by Gasteiger charge is 2.39. The molecule has 10 nitrogen and oxygen atoms in total. The first-order valence-electron chi connectivity index (χ1n) is 9.31. The lowest BCUT2D eigenvalue weighted by atomic mass is 9.76. The molecule has 0 amide bonds. The van der Waals surface area contributed by atoms with Crippen LogP contribution in [0.2, 0.25) is 5.02 Å². The minimum Gasteiger partial charge on any atom is -0.328 e. The van der Waals surface area contributed by atoms with Crippen LogP contribution in [0.25, 0.3) is 0 Å². The Kier molecular flexibility index (Phi) is 8.89. The molecule has 1 aromatic heterocycles. The molecule has 11 heteroatoms. The first-order chi connectivity index (χ1) is 15.8. The molecule has 3 aromatic carbocycles. The third-order valence-electron chi connectivity index (χ3n) is 4.54. The molecule has 33 heavy (non-hydrogen) atoms. The zero-order valence-corrected chi connectivity index (χ0v) is 17.8. The predicted octanol–water partition coefficient (Wildman–Crippen LogP) is 4.68. The summed E-state index contributed by atoms with van der Waals surface area (Å²) in [7, 11) is 0. The van der Waals surface area contributed by atoms with Crippen LogP contribution >= 0.6 is 11.6 Å². The van der Waals surface area contributed by atoms with Gasteiger partial charge in [-0.2, -0.15) is 0 Å². The van der Waals surface area contributed by atoms with Crippen molar-refractivity contribution < 1.29 is 20.6 Å². The Bertz CT molecular complexity index is 1100. The fourth-order valence-corrected chi connectivity index (χ4v) is 3.76. The highest BCUT2D eigenvalue weighted by atomic mass is 35.5. The molecule has 0 aliphatic heterocycles. The van der Waals surface area contributed by atoms with Gasteiger partial charge in [0.1, 0.15) is 5.54 Å². The Morgan fingerprint density at radius 1 is 0.788 bits per heavy atom. The van der Waals surface area contributed by atoms with E-state index in [1.165, 1.54) is 0 Å². The molecule has 0 saturated heterocycles. The van der Waals surface area contributed by atoms with E-state index in [2.05, 4.69) is 64.1 Å². The average molecular weight is 471 g/mol. The number of halogens is 1. The molecule has 4 rings (SSSR count). The van der Waals surface area contributed by atoms with Gasteiger partial charge in [-0.3, -0.25) is 0 Å². The van der Waals surface area contributed by atoms with Crippen LogP contribution in [0.15, 0.2) is 104 Å². The van der Waals surface area contributed by atoms with Crippen molar-refractivity contribution in [3.8, 4) is 0 Å². The number of benzene rings is 3. The van der Waals surface area contributed by atoms with E-state index in [-0.39, 0.29) is 0 Å². The van der Waals surface area contributed by atoms with Crippen LogP contribution in [0.3, 0.4) is 0 Å². The Morgan fingerprint density at radius 3 is 1.61 bits per heavy atom. The molecule has 0 aliphatic rings. The fourth-order valence-electron chi connectivity index (χ4n) is 3.49. The average Bonchev–Trinajstić information content (AvgIpc) is 3.32. The molecule has 0 bridgehead atoms. The van der Waals surface area contributed by atoms with Crippen molar-refractivity contribution in [1.29, 1.82) is 0 Å². The molecule has 4 aromatic rings. The van der Waals surface area contributed by atoms with Crippen molar-refractivity contribution >= 4 is 11.6 Å². The molecule has 0 atom stereocenters. The standard InChI is InChI=1S/C22H17ClN2.2HNO3/c23-21-14-8-7-13-20(21)22(25-16-15-24-17-25,18-9-3-1-4-10-18)19-11-5-2-6-12-19;2*2-1(3)4/h1-17H;2*(H,2,3,4). The van der Waals surface area contributed by atoms with Gasteiger partial charge < -0.3 is 15.0 Å². The van der Waals surface area contributed by atoms with Crippen LogP contribution in [0.4, 0.5) is 0 Å². The van der Waals surface area contributed by atoms with Crippen molar-refractivity contribution in [2.45, 2.75) is 5.54 Å². The van der Waals surface area contributed by atoms with E-state index in [0.29, 0.717) is 0 Å². The Morgan fingerprint density at radius 2 is 1.21 bits per heavy atom. The van der Waals surface area contributed by atoms with Gasteiger partial charge in [-0.05, 0) is 17.2 Å². The highest BCUT2D eigenvalue weighted by molar-refractivity contribution is 6.31.